The number of amides is 7. The molecule has 0 unspecified atom stereocenters. The fourth-order valence-electron chi connectivity index (χ4n) is 10.0. The summed E-state index contributed by atoms with van der Waals surface area (Å²) in [6.07, 6.45) is -1.59. The standard InChI is InChI=1S/C73H98ClN7O13S/c1-17-45(2)59(67(88)93-73(50-29-23-19-24-30-50,51-31-25-20-26-32-51)52-35-37-53(74)38-36-52)80-63(84)55(41-48-27-21-18-22-28-48)76-61(82)46(3)75-65(86)58(44-95)78-66(87)60(47(4)91-70(8,9)10)81-64(85)57(43-90-69(5,6)7)77-62(83)56(79-68(89)94-72(14,15)16)42-49-33-39-54(40-34-49)92-71(11,12)13/h18-40,45-47,55-60,95H,17,41-44H2,1-16H3,(H,75,86)(H,76,82)(H,77,83)(H,78,87)(H,79,89)(H,80,84)(H,81,85)/t45-,46-,47+,55-,56-,57-,58-,59-,60-/m0/s1. The van der Waals surface area contributed by atoms with Crippen LogP contribution < -0.4 is 42.0 Å². The number of halogens is 1. The van der Waals surface area contributed by atoms with Crippen LogP contribution >= 0.6 is 24.2 Å². The van der Waals surface area contributed by atoms with E-state index in [2.05, 4.69) is 49.8 Å². The molecular weight excluding hydrogens is 1250 g/mol. The maximum absolute atomic E-state index is 15.1. The molecule has 0 aliphatic rings. The van der Waals surface area contributed by atoms with Crippen molar-refractivity contribution in [2.24, 2.45) is 5.92 Å². The number of carbonyl (C=O) groups is 8. The average molecular weight is 1350 g/mol. The molecule has 7 N–H and O–H groups in total. The summed E-state index contributed by atoms with van der Waals surface area (Å²) in [4.78, 5) is 116. The Labute approximate surface area is 571 Å². The summed E-state index contributed by atoms with van der Waals surface area (Å²) in [5.74, 6) is -5.83. The van der Waals surface area contributed by atoms with Gasteiger partial charge in [0, 0.05) is 40.3 Å². The highest BCUT2D eigenvalue weighted by molar-refractivity contribution is 7.80. The number of nitrogens with one attached hydrogen (secondary N) is 7. The highest BCUT2D eigenvalue weighted by atomic mass is 35.5. The van der Waals surface area contributed by atoms with Crippen LogP contribution in [0.2, 0.25) is 5.02 Å². The van der Waals surface area contributed by atoms with E-state index in [1.54, 1.807) is 148 Å². The second-order valence-electron chi connectivity index (χ2n) is 27.6. The molecule has 0 aliphatic heterocycles. The molecule has 0 saturated carbocycles. The molecule has 5 aromatic rings. The lowest BCUT2D eigenvalue weighted by Crippen LogP contribution is -2.63. The second-order valence-corrected chi connectivity index (χ2v) is 28.4. The first-order valence-electron chi connectivity index (χ1n) is 32.1. The highest BCUT2D eigenvalue weighted by Crippen LogP contribution is 2.42. The Morgan fingerprint density at radius 1 is 0.453 bits per heavy atom. The molecule has 0 radical (unpaired) electrons. The number of ether oxygens (including phenoxy) is 5. The van der Waals surface area contributed by atoms with Crippen molar-refractivity contribution in [3.63, 3.8) is 0 Å². The predicted molar refractivity (Wildman–Crippen MR) is 371 cm³/mol. The monoisotopic (exact) mass is 1350 g/mol. The molecule has 9 atom stereocenters. The Morgan fingerprint density at radius 3 is 1.40 bits per heavy atom. The van der Waals surface area contributed by atoms with E-state index in [9.17, 15) is 33.6 Å². The van der Waals surface area contributed by atoms with E-state index in [1.165, 1.54) is 6.92 Å². The van der Waals surface area contributed by atoms with E-state index in [4.69, 9.17) is 35.3 Å². The maximum Gasteiger partial charge on any atom is 0.408 e. The first-order chi connectivity index (χ1) is 44.4. The Bertz CT molecular complexity index is 3300. The van der Waals surface area contributed by atoms with Crippen LogP contribution in [-0.2, 0) is 71.0 Å². The van der Waals surface area contributed by atoms with E-state index in [0.29, 0.717) is 45.0 Å². The number of rotatable bonds is 30. The Kier molecular flexibility index (Phi) is 28.3. The zero-order valence-electron chi connectivity index (χ0n) is 57.6. The van der Waals surface area contributed by atoms with Crippen molar-refractivity contribution in [3.05, 3.63) is 172 Å². The van der Waals surface area contributed by atoms with Gasteiger partial charge in [-0.05, 0) is 138 Å². The van der Waals surface area contributed by atoms with Crippen LogP contribution in [0.3, 0.4) is 0 Å². The molecule has 5 rings (SSSR count). The van der Waals surface area contributed by atoms with Crippen molar-refractivity contribution in [1.29, 1.82) is 0 Å². The van der Waals surface area contributed by atoms with Gasteiger partial charge < -0.3 is 60.9 Å². The molecule has 0 heterocycles. The first-order valence-corrected chi connectivity index (χ1v) is 33.1. The van der Waals surface area contributed by atoms with Gasteiger partial charge in [0.2, 0.25) is 35.4 Å². The Balaban J connectivity index is 1.38. The molecule has 95 heavy (non-hydrogen) atoms. The Hall–Kier alpha value is -7.98. The summed E-state index contributed by atoms with van der Waals surface area (Å²) in [7, 11) is 0. The van der Waals surface area contributed by atoms with Crippen molar-refractivity contribution in [2.75, 3.05) is 12.4 Å². The minimum absolute atomic E-state index is 0.0274. The van der Waals surface area contributed by atoms with Gasteiger partial charge in [0.25, 0.3) is 0 Å². The zero-order valence-corrected chi connectivity index (χ0v) is 59.3. The zero-order chi connectivity index (χ0) is 70.6. The van der Waals surface area contributed by atoms with Crippen LogP contribution in [0, 0.1) is 5.92 Å². The molecule has 0 spiro atoms. The van der Waals surface area contributed by atoms with Gasteiger partial charge >= 0.3 is 12.1 Å². The van der Waals surface area contributed by atoms with E-state index >= 15 is 4.79 Å². The summed E-state index contributed by atoms with van der Waals surface area (Å²) >= 11 is 10.8. The lowest BCUT2D eigenvalue weighted by atomic mass is 9.80. The molecule has 7 amide bonds. The number of hydrogen-bond donors (Lipinski definition) is 8. The number of thiol groups is 1. The quantitative estimate of drug-likeness (QED) is 0.0121. The number of alkyl carbamates (subject to hydrolysis) is 1. The molecule has 0 aliphatic carbocycles. The number of hydrogen-bond acceptors (Lipinski definition) is 14. The minimum atomic E-state index is -1.53. The lowest BCUT2D eigenvalue weighted by Gasteiger charge is -2.37. The van der Waals surface area contributed by atoms with Gasteiger partial charge in [0.05, 0.1) is 23.9 Å². The summed E-state index contributed by atoms with van der Waals surface area (Å²) in [6, 6.07) is 31.8. The second kappa shape index (κ2) is 34.6. The van der Waals surface area contributed by atoms with Crippen LogP contribution in [0.25, 0.3) is 0 Å². The van der Waals surface area contributed by atoms with E-state index in [1.807, 2.05) is 95.3 Å². The molecule has 5 aromatic carbocycles. The molecule has 22 heteroatoms. The smallest absolute Gasteiger partial charge is 0.408 e. The minimum Gasteiger partial charge on any atom is -0.488 e. The van der Waals surface area contributed by atoms with Gasteiger partial charge in [-0.2, -0.15) is 12.6 Å². The average Bonchev–Trinajstić information content (AvgIpc) is 0.752. The summed E-state index contributed by atoms with van der Waals surface area (Å²) in [5.41, 5.74) is -1.43. The fraction of sp³-hybridized carbons (Fsp3) is 0.479. The summed E-state index contributed by atoms with van der Waals surface area (Å²) < 4.78 is 30.6. The van der Waals surface area contributed by atoms with Crippen LogP contribution in [0.5, 0.6) is 5.75 Å². The number of carbonyl (C=O) groups excluding carboxylic acids is 8. The Morgan fingerprint density at radius 2 is 0.905 bits per heavy atom. The number of esters is 1. The highest BCUT2D eigenvalue weighted by Gasteiger charge is 2.44. The summed E-state index contributed by atoms with van der Waals surface area (Å²) in [5, 5.41) is 19.6. The normalized spacial score (nSPS) is 14.9. The van der Waals surface area contributed by atoms with Gasteiger partial charge in [-0.25, -0.2) is 9.59 Å². The van der Waals surface area contributed by atoms with Crippen LogP contribution in [0.4, 0.5) is 4.79 Å². The van der Waals surface area contributed by atoms with Gasteiger partial charge in [-0.1, -0.05) is 147 Å². The van der Waals surface area contributed by atoms with E-state index in [0.717, 1.165) is 0 Å². The van der Waals surface area contributed by atoms with Gasteiger partial charge in [-0.3, -0.25) is 28.8 Å². The topological polar surface area (TPSA) is 267 Å². The first kappa shape index (κ1) is 77.7. The summed E-state index contributed by atoms with van der Waals surface area (Å²) in [6.45, 7) is 27.5. The van der Waals surface area contributed by atoms with Crippen molar-refractivity contribution >= 4 is 71.7 Å². The van der Waals surface area contributed by atoms with E-state index in [-0.39, 0.29) is 18.6 Å². The van der Waals surface area contributed by atoms with Crippen LogP contribution in [0.15, 0.2) is 140 Å². The van der Waals surface area contributed by atoms with Crippen LogP contribution in [-0.4, -0.2) is 131 Å². The molecular formula is C73H98ClN7O13S. The largest absolute Gasteiger partial charge is 0.488 e. The van der Waals surface area contributed by atoms with Gasteiger partial charge in [0.1, 0.15) is 59.2 Å². The third-order valence-electron chi connectivity index (χ3n) is 14.8. The third kappa shape index (κ3) is 24.9. The molecule has 0 saturated heterocycles. The number of benzene rings is 5. The van der Waals surface area contributed by atoms with Crippen molar-refractivity contribution in [3.8, 4) is 5.75 Å². The van der Waals surface area contributed by atoms with Crippen molar-refractivity contribution in [1.82, 2.24) is 37.2 Å². The SMILES string of the molecule is CC[C@H](C)[C@H](NC(=O)[C@H](Cc1ccccc1)NC(=O)[C@H](C)NC(=O)[C@H](CS)NC(=O)[C@@H](NC(=O)[C@H](COC(C)(C)C)NC(=O)[C@H](Cc1ccc(OC(C)(C)C)cc1)NC(=O)OC(C)(C)C)[C@@H](C)OC(C)(C)C)C(=O)OC(c1ccccc1)(c1ccccc1)c1ccc(Cl)cc1. The third-order valence-corrected chi connectivity index (χ3v) is 15.4. The van der Waals surface area contributed by atoms with Gasteiger partial charge in [-0.15, -0.1) is 0 Å². The maximum atomic E-state index is 15.1. The van der Waals surface area contributed by atoms with Gasteiger partial charge in [0.15, 0.2) is 5.60 Å². The molecule has 516 valence electrons. The predicted octanol–water partition coefficient (Wildman–Crippen LogP) is 9.65. The molecule has 0 bridgehead atoms. The fourth-order valence-corrected chi connectivity index (χ4v) is 10.4. The molecule has 20 nitrogen and oxygen atoms in total. The lowest BCUT2D eigenvalue weighted by molar-refractivity contribution is -0.159. The molecule has 0 fully saturated rings. The van der Waals surface area contributed by atoms with Crippen LogP contribution in [0.1, 0.15) is 145 Å². The van der Waals surface area contributed by atoms with E-state index < -0.39 is 136 Å². The van der Waals surface area contributed by atoms with Crippen molar-refractivity contribution in [2.45, 2.75) is 206 Å². The van der Waals surface area contributed by atoms with Crippen molar-refractivity contribution < 1.29 is 62.0 Å². The molecule has 0 aromatic heterocycles.